The summed E-state index contributed by atoms with van der Waals surface area (Å²) in [6.07, 6.45) is 0. The fourth-order valence-electron chi connectivity index (χ4n) is 0.704. The second-order valence-electron chi connectivity index (χ2n) is 2.25. The Morgan fingerprint density at radius 3 is 2.69 bits per heavy atom. The SMILES string of the molecule is O=S(=O)(CCl)Oc1cccc(O)c1. The third-order valence-electron chi connectivity index (χ3n) is 1.17. The normalized spacial score (nSPS) is 11.2. The van der Waals surface area contributed by atoms with Gasteiger partial charge in [-0.3, -0.25) is 0 Å². The van der Waals surface area contributed by atoms with Crippen molar-refractivity contribution >= 4 is 21.7 Å². The topological polar surface area (TPSA) is 63.6 Å². The van der Waals surface area contributed by atoms with Gasteiger partial charge in [0.05, 0.1) is 0 Å². The van der Waals surface area contributed by atoms with Crippen LogP contribution in [0, 0.1) is 0 Å². The van der Waals surface area contributed by atoms with Crippen LogP contribution in [0.3, 0.4) is 0 Å². The van der Waals surface area contributed by atoms with Crippen LogP contribution in [0.15, 0.2) is 24.3 Å². The second-order valence-corrected chi connectivity index (χ2v) is 4.40. The maximum Gasteiger partial charge on any atom is 0.323 e. The van der Waals surface area contributed by atoms with Crippen molar-refractivity contribution in [2.24, 2.45) is 0 Å². The number of phenolic OH excluding ortho intramolecular Hbond substituents is 1. The average molecular weight is 223 g/mol. The number of hydrogen-bond donors (Lipinski definition) is 1. The van der Waals surface area contributed by atoms with E-state index in [0.717, 1.165) is 0 Å². The molecule has 1 aromatic rings. The van der Waals surface area contributed by atoms with Gasteiger partial charge in [-0.1, -0.05) is 6.07 Å². The Morgan fingerprint density at radius 2 is 2.15 bits per heavy atom. The van der Waals surface area contributed by atoms with E-state index in [-0.39, 0.29) is 11.5 Å². The molecule has 0 bridgehead atoms. The van der Waals surface area contributed by atoms with E-state index >= 15 is 0 Å². The molecule has 0 aliphatic rings. The molecule has 0 heterocycles. The van der Waals surface area contributed by atoms with E-state index in [4.69, 9.17) is 16.7 Å². The summed E-state index contributed by atoms with van der Waals surface area (Å²) in [5.41, 5.74) is 0. The van der Waals surface area contributed by atoms with Crippen LogP contribution in [0.2, 0.25) is 0 Å². The Kier molecular flexibility index (Phi) is 3.00. The molecule has 1 N–H and O–H groups in total. The van der Waals surface area contributed by atoms with Gasteiger partial charge in [0.25, 0.3) is 0 Å². The largest absolute Gasteiger partial charge is 0.508 e. The molecule has 6 heteroatoms. The predicted molar refractivity (Wildman–Crippen MR) is 48.4 cm³/mol. The number of benzene rings is 1. The Bertz CT molecular complexity index is 387. The molecule has 0 atom stereocenters. The number of halogens is 1. The summed E-state index contributed by atoms with van der Waals surface area (Å²) >= 11 is 5.11. The van der Waals surface area contributed by atoms with Gasteiger partial charge in [0.15, 0.2) is 5.21 Å². The van der Waals surface area contributed by atoms with E-state index in [9.17, 15) is 8.42 Å². The number of aromatic hydroxyl groups is 1. The molecule has 4 nitrogen and oxygen atoms in total. The first kappa shape index (κ1) is 10.1. The molecular weight excluding hydrogens is 216 g/mol. The van der Waals surface area contributed by atoms with Gasteiger partial charge >= 0.3 is 10.1 Å². The molecule has 0 saturated carbocycles. The minimum atomic E-state index is -3.73. The highest BCUT2D eigenvalue weighted by Crippen LogP contribution is 2.19. The van der Waals surface area contributed by atoms with Crippen LogP contribution in [-0.2, 0) is 10.1 Å². The highest BCUT2D eigenvalue weighted by Gasteiger charge is 2.10. The molecule has 0 saturated heterocycles. The van der Waals surface area contributed by atoms with E-state index in [1.807, 2.05) is 0 Å². The van der Waals surface area contributed by atoms with Crippen molar-refractivity contribution in [3.63, 3.8) is 0 Å². The Labute approximate surface area is 80.8 Å². The summed E-state index contributed by atoms with van der Waals surface area (Å²) in [6, 6.07) is 5.46. The first-order valence-corrected chi connectivity index (χ1v) is 5.42. The molecular formula is C7H7ClO4S. The molecule has 0 aromatic heterocycles. The highest BCUT2D eigenvalue weighted by molar-refractivity contribution is 7.88. The number of phenols is 1. The maximum atomic E-state index is 10.8. The van der Waals surface area contributed by atoms with Crippen molar-refractivity contribution in [3.05, 3.63) is 24.3 Å². The van der Waals surface area contributed by atoms with Crippen LogP contribution < -0.4 is 4.18 Å². The standard InChI is InChI=1S/C7H7ClO4S/c8-5-13(10,11)12-7-3-1-2-6(9)4-7/h1-4,9H,5H2. The average Bonchev–Trinajstić information content (AvgIpc) is 2.03. The fourth-order valence-corrected chi connectivity index (χ4v) is 1.28. The zero-order valence-corrected chi connectivity index (χ0v) is 8.05. The molecule has 0 unspecified atom stereocenters. The summed E-state index contributed by atoms with van der Waals surface area (Å²) in [7, 11) is -3.73. The summed E-state index contributed by atoms with van der Waals surface area (Å²) in [5, 5.41) is 8.35. The fraction of sp³-hybridized carbons (Fsp3) is 0.143. The highest BCUT2D eigenvalue weighted by atomic mass is 35.5. The number of hydrogen-bond acceptors (Lipinski definition) is 4. The second kappa shape index (κ2) is 3.85. The zero-order chi connectivity index (χ0) is 9.90. The minimum absolute atomic E-state index is 0.0423. The summed E-state index contributed by atoms with van der Waals surface area (Å²) in [5.74, 6) is -0.0251. The lowest BCUT2D eigenvalue weighted by molar-refractivity contribution is 0.465. The minimum Gasteiger partial charge on any atom is -0.508 e. The third kappa shape index (κ3) is 3.12. The molecule has 72 valence electrons. The lowest BCUT2D eigenvalue weighted by Crippen LogP contribution is -2.09. The van der Waals surface area contributed by atoms with Crippen molar-refractivity contribution in [3.8, 4) is 11.5 Å². The van der Waals surface area contributed by atoms with Crippen LogP contribution in [0.25, 0.3) is 0 Å². The molecule has 13 heavy (non-hydrogen) atoms. The van der Waals surface area contributed by atoms with Gasteiger partial charge in [-0.15, -0.1) is 11.6 Å². The molecule has 0 aliphatic carbocycles. The summed E-state index contributed by atoms with van der Waals surface area (Å²) in [4.78, 5) is 0. The van der Waals surface area contributed by atoms with Gasteiger partial charge in [0, 0.05) is 6.07 Å². The van der Waals surface area contributed by atoms with Gasteiger partial charge < -0.3 is 9.29 Å². The smallest absolute Gasteiger partial charge is 0.323 e. The molecule has 1 rings (SSSR count). The van der Waals surface area contributed by atoms with Crippen LogP contribution in [0.5, 0.6) is 11.5 Å². The molecule has 0 aliphatic heterocycles. The molecule has 0 radical (unpaired) electrons. The maximum absolute atomic E-state index is 10.8. The quantitative estimate of drug-likeness (QED) is 0.619. The van der Waals surface area contributed by atoms with Crippen molar-refractivity contribution < 1.29 is 17.7 Å². The Morgan fingerprint density at radius 1 is 1.46 bits per heavy atom. The van der Waals surface area contributed by atoms with E-state index in [1.54, 1.807) is 0 Å². The molecule has 1 aromatic carbocycles. The van der Waals surface area contributed by atoms with E-state index < -0.39 is 15.3 Å². The Balaban J connectivity index is 2.87. The van der Waals surface area contributed by atoms with Crippen LogP contribution in [0.4, 0.5) is 0 Å². The zero-order valence-electron chi connectivity index (χ0n) is 6.47. The first-order valence-electron chi connectivity index (χ1n) is 3.31. The van der Waals surface area contributed by atoms with Crippen molar-refractivity contribution in [2.75, 3.05) is 5.21 Å². The predicted octanol–water partition coefficient (Wildman–Crippen LogP) is 1.30. The van der Waals surface area contributed by atoms with Gasteiger partial charge in [-0.25, -0.2) is 0 Å². The first-order chi connectivity index (χ1) is 6.03. The van der Waals surface area contributed by atoms with Crippen molar-refractivity contribution in [1.29, 1.82) is 0 Å². The number of alkyl halides is 1. The van der Waals surface area contributed by atoms with E-state index in [0.29, 0.717) is 0 Å². The van der Waals surface area contributed by atoms with E-state index in [1.165, 1.54) is 24.3 Å². The van der Waals surface area contributed by atoms with Gasteiger partial charge in [-0.05, 0) is 12.1 Å². The molecule has 0 spiro atoms. The van der Waals surface area contributed by atoms with Gasteiger partial charge in [0.2, 0.25) is 0 Å². The summed E-state index contributed by atoms with van der Waals surface area (Å²) in [6.45, 7) is 0. The monoisotopic (exact) mass is 222 g/mol. The van der Waals surface area contributed by atoms with Crippen molar-refractivity contribution in [1.82, 2.24) is 0 Å². The van der Waals surface area contributed by atoms with Crippen LogP contribution in [-0.4, -0.2) is 18.7 Å². The molecule has 0 amide bonds. The third-order valence-corrected chi connectivity index (χ3v) is 2.69. The summed E-state index contributed by atoms with van der Waals surface area (Å²) < 4.78 is 26.2. The van der Waals surface area contributed by atoms with Crippen LogP contribution in [0.1, 0.15) is 0 Å². The van der Waals surface area contributed by atoms with Gasteiger partial charge in [-0.2, -0.15) is 8.42 Å². The van der Waals surface area contributed by atoms with Gasteiger partial charge in [0.1, 0.15) is 11.5 Å². The number of rotatable bonds is 3. The Hall–Kier alpha value is -0.940. The van der Waals surface area contributed by atoms with Crippen LogP contribution >= 0.6 is 11.6 Å². The lowest BCUT2D eigenvalue weighted by atomic mass is 10.3. The van der Waals surface area contributed by atoms with E-state index in [2.05, 4.69) is 4.18 Å². The lowest BCUT2D eigenvalue weighted by Gasteiger charge is -2.03. The molecule has 0 fully saturated rings. The van der Waals surface area contributed by atoms with Crippen molar-refractivity contribution in [2.45, 2.75) is 0 Å².